The molecule has 110 valence electrons. The molecule has 0 aromatic heterocycles. The molecule has 20 heavy (non-hydrogen) atoms. The van der Waals surface area contributed by atoms with Gasteiger partial charge < -0.3 is 10.4 Å². The second-order valence-electron chi connectivity index (χ2n) is 5.91. The van der Waals surface area contributed by atoms with E-state index in [2.05, 4.69) is 5.32 Å². The van der Waals surface area contributed by atoms with E-state index >= 15 is 0 Å². The minimum atomic E-state index is -0.506. The van der Waals surface area contributed by atoms with Crippen molar-refractivity contribution in [1.82, 2.24) is 0 Å². The monoisotopic (exact) mass is 275 g/mol. The molecule has 0 radical (unpaired) electrons. The van der Waals surface area contributed by atoms with Crippen molar-refractivity contribution in [3.05, 3.63) is 29.8 Å². The molecule has 3 heteroatoms. The van der Waals surface area contributed by atoms with Crippen LogP contribution in [0.15, 0.2) is 24.3 Å². The predicted octanol–water partition coefficient (Wildman–Crippen LogP) is 4.04. The van der Waals surface area contributed by atoms with Gasteiger partial charge in [-0.25, -0.2) is 0 Å². The zero-order valence-corrected chi connectivity index (χ0v) is 12.3. The smallest absolute Gasteiger partial charge is 0.224 e. The van der Waals surface area contributed by atoms with Gasteiger partial charge >= 0.3 is 0 Å². The third kappa shape index (κ3) is 4.64. The molecule has 3 nitrogen and oxygen atoms in total. The first-order valence-corrected chi connectivity index (χ1v) is 7.73. The van der Waals surface area contributed by atoms with Crippen molar-refractivity contribution in [1.29, 1.82) is 0 Å². The lowest BCUT2D eigenvalue weighted by Crippen LogP contribution is -2.16. The number of rotatable bonds is 4. The summed E-state index contributed by atoms with van der Waals surface area (Å²) in [6, 6.07) is 7.45. The van der Waals surface area contributed by atoms with E-state index in [1.54, 1.807) is 6.92 Å². The van der Waals surface area contributed by atoms with Crippen molar-refractivity contribution >= 4 is 11.6 Å². The van der Waals surface area contributed by atoms with Gasteiger partial charge in [-0.2, -0.15) is 0 Å². The van der Waals surface area contributed by atoms with Gasteiger partial charge in [-0.15, -0.1) is 0 Å². The van der Waals surface area contributed by atoms with Gasteiger partial charge in [-0.1, -0.05) is 37.8 Å². The molecule has 2 N–H and O–H groups in total. The number of benzene rings is 1. The van der Waals surface area contributed by atoms with Crippen molar-refractivity contribution in [3.8, 4) is 0 Å². The highest BCUT2D eigenvalue weighted by atomic mass is 16.3. The van der Waals surface area contributed by atoms with Crippen molar-refractivity contribution in [2.24, 2.45) is 5.92 Å². The number of hydrogen-bond acceptors (Lipinski definition) is 2. The summed E-state index contributed by atoms with van der Waals surface area (Å²) in [5.41, 5.74) is 1.61. The molecule has 0 spiro atoms. The number of anilines is 1. The fourth-order valence-electron chi connectivity index (χ4n) is 2.92. The van der Waals surface area contributed by atoms with E-state index in [4.69, 9.17) is 0 Å². The summed E-state index contributed by atoms with van der Waals surface area (Å²) in [6.07, 6.45) is 7.63. The molecule has 1 saturated carbocycles. The van der Waals surface area contributed by atoms with Crippen LogP contribution >= 0.6 is 0 Å². The van der Waals surface area contributed by atoms with Crippen LogP contribution in [-0.4, -0.2) is 11.0 Å². The highest BCUT2D eigenvalue weighted by molar-refractivity contribution is 5.90. The average molecular weight is 275 g/mol. The summed E-state index contributed by atoms with van der Waals surface area (Å²) >= 11 is 0. The van der Waals surface area contributed by atoms with Gasteiger partial charge in [0.05, 0.1) is 6.10 Å². The Morgan fingerprint density at radius 3 is 2.65 bits per heavy atom. The second kappa shape index (κ2) is 7.44. The van der Waals surface area contributed by atoms with Crippen LogP contribution in [-0.2, 0) is 4.79 Å². The number of carbonyl (C=O) groups is 1. The maximum absolute atomic E-state index is 12.1. The first-order chi connectivity index (χ1) is 9.65. The van der Waals surface area contributed by atoms with Crippen molar-refractivity contribution in [2.75, 3.05) is 5.32 Å². The lowest BCUT2D eigenvalue weighted by atomic mass is 9.96. The Labute approximate surface area is 121 Å². The molecule has 2 rings (SSSR count). The summed E-state index contributed by atoms with van der Waals surface area (Å²) in [5, 5.41) is 12.5. The quantitative estimate of drug-likeness (QED) is 0.815. The summed E-state index contributed by atoms with van der Waals surface area (Å²) in [7, 11) is 0. The standard InChI is InChI=1S/C17H25NO2/c1-13(19)15-9-6-10-16(12-15)18-17(20)11-14-7-4-2-3-5-8-14/h6,9-10,12-14,19H,2-5,7-8,11H2,1H3,(H,18,20). The first kappa shape index (κ1) is 15.0. The molecule has 1 aliphatic carbocycles. The molecular weight excluding hydrogens is 250 g/mol. The lowest BCUT2D eigenvalue weighted by molar-refractivity contribution is -0.117. The number of hydrogen-bond donors (Lipinski definition) is 2. The number of aliphatic hydroxyl groups excluding tert-OH is 1. The maximum atomic E-state index is 12.1. The van der Waals surface area contributed by atoms with Gasteiger partial charge in [0.25, 0.3) is 0 Å². The van der Waals surface area contributed by atoms with E-state index in [1.165, 1.54) is 38.5 Å². The number of amides is 1. The van der Waals surface area contributed by atoms with E-state index in [0.29, 0.717) is 12.3 Å². The average Bonchev–Trinajstić information content (AvgIpc) is 2.67. The van der Waals surface area contributed by atoms with Crippen molar-refractivity contribution < 1.29 is 9.90 Å². The largest absolute Gasteiger partial charge is 0.389 e. The highest BCUT2D eigenvalue weighted by Gasteiger charge is 2.16. The van der Waals surface area contributed by atoms with Gasteiger partial charge in [0, 0.05) is 12.1 Å². The second-order valence-corrected chi connectivity index (χ2v) is 5.91. The molecule has 1 aromatic carbocycles. The van der Waals surface area contributed by atoms with Gasteiger partial charge in [-0.05, 0) is 43.4 Å². The number of aliphatic hydroxyl groups is 1. The Kier molecular flexibility index (Phi) is 5.60. The van der Waals surface area contributed by atoms with Gasteiger partial charge in [-0.3, -0.25) is 4.79 Å². The normalized spacial score (nSPS) is 18.3. The molecular formula is C17H25NO2. The third-order valence-corrected chi connectivity index (χ3v) is 4.10. The molecule has 1 unspecified atom stereocenters. The Balaban J connectivity index is 1.88. The minimum Gasteiger partial charge on any atom is -0.389 e. The molecule has 0 bridgehead atoms. The summed E-state index contributed by atoms with van der Waals surface area (Å²) in [4.78, 5) is 12.1. The van der Waals surface area contributed by atoms with Crippen LogP contribution < -0.4 is 5.32 Å². The summed E-state index contributed by atoms with van der Waals surface area (Å²) < 4.78 is 0. The van der Waals surface area contributed by atoms with Crippen LogP contribution in [0.1, 0.15) is 63.5 Å². The van der Waals surface area contributed by atoms with E-state index in [9.17, 15) is 9.90 Å². The zero-order chi connectivity index (χ0) is 14.4. The van der Waals surface area contributed by atoms with Crippen LogP contribution in [0.3, 0.4) is 0 Å². The molecule has 1 fully saturated rings. The van der Waals surface area contributed by atoms with Gasteiger partial charge in [0.1, 0.15) is 0 Å². The van der Waals surface area contributed by atoms with Crippen LogP contribution in [0.2, 0.25) is 0 Å². The Morgan fingerprint density at radius 2 is 2.00 bits per heavy atom. The molecule has 1 atom stereocenters. The Morgan fingerprint density at radius 1 is 1.30 bits per heavy atom. The van der Waals surface area contributed by atoms with E-state index in [0.717, 1.165) is 11.3 Å². The SMILES string of the molecule is CC(O)c1cccc(NC(=O)CC2CCCCCC2)c1. The molecule has 0 saturated heterocycles. The maximum Gasteiger partial charge on any atom is 0.224 e. The number of carbonyl (C=O) groups excluding carboxylic acids is 1. The fraction of sp³-hybridized carbons (Fsp3) is 0.588. The summed E-state index contributed by atoms with van der Waals surface area (Å²) in [5.74, 6) is 0.636. The molecule has 0 heterocycles. The molecule has 0 aliphatic heterocycles. The van der Waals surface area contributed by atoms with E-state index < -0.39 is 6.10 Å². The topological polar surface area (TPSA) is 49.3 Å². The van der Waals surface area contributed by atoms with Crippen LogP contribution in [0, 0.1) is 5.92 Å². The van der Waals surface area contributed by atoms with Gasteiger partial charge in [0.2, 0.25) is 5.91 Å². The zero-order valence-electron chi connectivity index (χ0n) is 12.3. The van der Waals surface area contributed by atoms with Crippen molar-refractivity contribution in [3.63, 3.8) is 0 Å². The summed E-state index contributed by atoms with van der Waals surface area (Å²) in [6.45, 7) is 1.73. The van der Waals surface area contributed by atoms with Crippen molar-refractivity contribution in [2.45, 2.75) is 58.0 Å². The van der Waals surface area contributed by atoms with Crippen LogP contribution in [0.4, 0.5) is 5.69 Å². The molecule has 1 aromatic rings. The highest BCUT2D eigenvalue weighted by Crippen LogP contribution is 2.26. The molecule has 1 aliphatic rings. The minimum absolute atomic E-state index is 0.0969. The predicted molar refractivity (Wildman–Crippen MR) is 81.5 cm³/mol. The van der Waals surface area contributed by atoms with Gasteiger partial charge in [0.15, 0.2) is 0 Å². The first-order valence-electron chi connectivity index (χ1n) is 7.73. The van der Waals surface area contributed by atoms with Crippen LogP contribution in [0.25, 0.3) is 0 Å². The van der Waals surface area contributed by atoms with E-state index in [1.807, 2.05) is 24.3 Å². The number of nitrogens with one attached hydrogen (secondary N) is 1. The Bertz CT molecular complexity index is 434. The molecule has 1 amide bonds. The fourth-order valence-corrected chi connectivity index (χ4v) is 2.92. The third-order valence-electron chi connectivity index (χ3n) is 4.10. The lowest BCUT2D eigenvalue weighted by Gasteiger charge is -2.14. The van der Waals surface area contributed by atoms with E-state index in [-0.39, 0.29) is 5.91 Å². The van der Waals surface area contributed by atoms with Crippen LogP contribution in [0.5, 0.6) is 0 Å². The Hall–Kier alpha value is -1.35.